The highest BCUT2D eigenvalue weighted by molar-refractivity contribution is 5.93. The number of methoxy groups -OCH3 is 1. The van der Waals surface area contributed by atoms with Crippen LogP contribution in [0.2, 0.25) is 0 Å². The van der Waals surface area contributed by atoms with E-state index in [2.05, 4.69) is 10.1 Å². The maximum Gasteiger partial charge on any atom is 0.452 e. The van der Waals surface area contributed by atoms with Gasteiger partial charge in [-0.25, -0.2) is 9.59 Å². The maximum atomic E-state index is 13.1. The van der Waals surface area contributed by atoms with Crippen molar-refractivity contribution in [1.29, 1.82) is 0 Å². The standard InChI is InChI=1S/C27H24F3N3O7/c1-39-25(37)19-10-5-9-18(13-19)16-40-26(38)32-20-11-6-12-33(24(20)36)15-22(34)31-21(23(35)27(28,29)30)14-17-7-3-2-4-8-17/h2-13,21H,14-16H2,1H3,(H,31,34)(H,32,38). The third-order valence-electron chi connectivity index (χ3n) is 5.50. The van der Waals surface area contributed by atoms with Crippen molar-refractivity contribution in [2.24, 2.45) is 0 Å². The van der Waals surface area contributed by atoms with Gasteiger partial charge in [0, 0.05) is 12.6 Å². The number of anilines is 1. The average Bonchev–Trinajstić information content (AvgIpc) is 2.93. The van der Waals surface area contributed by atoms with E-state index in [1.807, 2.05) is 5.32 Å². The fourth-order valence-electron chi connectivity index (χ4n) is 3.61. The second-order valence-electron chi connectivity index (χ2n) is 8.42. The van der Waals surface area contributed by atoms with Crippen LogP contribution < -0.4 is 16.2 Å². The van der Waals surface area contributed by atoms with Gasteiger partial charge in [0.1, 0.15) is 24.9 Å². The van der Waals surface area contributed by atoms with E-state index in [1.54, 1.807) is 30.3 Å². The Morgan fingerprint density at radius 1 is 0.950 bits per heavy atom. The molecular formula is C27H24F3N3O7. The molecule has 0 radical (unpaired) electrons. The van der Waals surface area contributed by atoms with Gasteiger partial charge in [-0.1, -0.05) is 42.5 Å². The molecule has 1 atom stereocenters. The van der Waals surface area contributed by atoms with E-state index in [0.717, 1.165) is 4.57 Å². The summed E-state index contributed by atoms with van der Waals surface area (Å²) in [5.74, 6) is -3.73. The summed E-state index contributed by atoms with van der Waals surface area (Å²) in [5.41, 5.74) is -0.000938. The number of benzene rings is 2. The number of amides is 2. The number of ether oxygens (including phenoxy) is 2. The molecule has 0 fully saturated rings. The number of nitrogens with one attached hydrogen (secondary N) is 2. The molecule has 0 saturated heterocycles. The summed E-state index contributed by atoms with van der Waals surface area (Å²) in [5, 5.41) is 4.28. The van der Waals surface area contributed by atoms with Gasteiger partial charge in [0.25, 0.3) is 11.3 Å². The molecule has 0 aliphatic rings. The first-order chi connectivity index (χ1) is 19.0. The summed E-state index contributed by atoms with van der Waals surface area (Å²) in [6.07, 6.45) is -5.42. The number of esters is 1. The Morgan fingerprint density at radius 2 is 1.65 bits per heavy atom. The average molecular weight is 559 g/mol. The first-order valence-corrected chi connectivity index (χ1v) is 11.7. The van der Waals surface area contributed by atoms with Crippen LogP contribution in [0.5, 0.6) is 0 Å². The smallest absolute Gasteiger partial charge is 0.452 e. The van der Waals surface area contributed by atoms with E-state index in [1.165, 1.54) is 49.7 Å². The Hall–Kier alpha value is -4.94. The molecule has 3 aromatic rings. The van der Waals surface area contributed by atoms with Crippen molar-refractivity contribution < 1.29 is 41.8 Å². The van der Waals surface area contributed by atoms with E-state index >= 15 is 0 Å². The number of hydrogen-bond donors (Lipinski definition) is 2. The van der Waals surface area contributed by atoms with Crippen molar-refractivity contribution in [2.75, 3.05) is 12.4 Å². The first kappa shape index (κ1) is 29.6. The van der Waals surface area contributed by atoms with E-state index in [0.29, 0.717) is 11.1 Å². The molecule has 40 heavy (non-hydrogen) atoms. The maximum absolute atomic E-state index is 13.1. The Kier molecular flexibility index (Phi) is 9.79. The number of carbonyl (C=O) groups is 4. The number of halogens is 3. The summed E-state index contributed by atoms with van der Waals surface area (Å²) >= 11 is 0. The highest BCUT2D eigenvalue weighted by Gasteiger charge is 2.43. The molecule has 13 heteroatoms. The van der Waals surface area contributed by atoms with Crippen molar-refractivity contribution in [3.05, 3.63) is 100.0 Å². The van der Waals surface area contributed by atoms with Crippen LogP contribution >= 0.6 is 0 Å². The number of ketones is 1. The lowest BCUT2D eigenvalue weighted by atomic mass is 10.0. The van der Waals surface area contributed by atoms with Crippen molar-refractivity contribution in [1.82, 2.24) is 9.88 Å². The molecule has 1 aromatic heterocycles. The molecule has 1 unspecified atom stereocenters. The largest absolute Gasteiger partial charge is 0.465 e. The van der Waals surface area contributed by atoms with E-state index in [4.69, 9.17) is 4.74 Å². The zero-order chi connectivity index (χ0) is 29.3. The van der Waals surface area contributed by atoms with Crippen LogP contribution in [0.15, 0.2) is 77.7 Å². The quantitative estimate of drug-likeness (QED) is 0.365. The van der Waals surface area contributed by atoms with E-state index in [-0.39, 0.29) is 17.9 Å². The van der Waals surface area contributed by atoms with Gasteiger partial charge in [-0.05, 0) is 35.4 Å². The predicted octanol–water partition coefficient (Wildman–Crippen LogP) is 3.24. The number of rotatable bonds is 10. The summed E-state index contributed by atoms with van der Waals surface area (Å²) < 4.78 is 49.9. The normalized spacial score (nSPS) is 11.7. The van der Waals surface area contributed by atoms with Gasteiger partial charge in [0.15, 0.2) is 0 Å². The van der Waals surface area contributed by atoms with Crippen LogP contribution in [-0.4, -0.2) is 47.6 Å². The van der Waals surface area contributed by atoms with Crippen LogP contribution in [0.4, 0.5) is 23.7 Å². The molecular weight excluding hydrogens is 535 g/mol. The number of carbonyl (C=O) groups excluding carboxylic acids is 4. The second kappa shape index (κ2) is 13.2. The molecule has 2 amide bonds. The monoisotopic (exact) mass is 559 g/mol. The Balaban J connectivity index is 1.65. The molecule has 0 saturated carbocycles. The first-order valence-electron chi connectivity index (χ1n) is 11.7. The van der Waals surface area contributed by atoms with Gasteiger partial charge in [0.2, 0.25) is 5.91 Å². The van der Waals surface area contributed by atoms with Crippen LogP contribution in [0, 0.1) is 0 Å². The summed E-state index contributed by atoms with van der Waals surface area (Å²) in [6, 6.07) is 14.6. The summed E-state index contributed by atoms with van der Waals surface area (Å²) in [4.78, 5) is 61.1. The lowest BCUT2D eigenvalue weighted by molar-refractivity contribution is -0.173. The molecule has 0 aliphatic carbocycles. The summed E-state index contributed by atoms with van der Waals surface area (Å²) in [7, 11) is 1.22. The summed E-state index contributed by atoms with van der Waals surface area (Å²) in [6.45, 7) is -0.962. The van der Waals surface area contributed by atoms with Gasteiger partial charge >= 0.3 is 18.2 Å². The van der Waals surface area contributed by atoms with E-state index in [9.17, 15) is 37.1 Å². The number of hydrogen-bond acceptors (Lipinski definition) is 7. The molecule has 2 N–H and O–H groups in total. The highest BCUT2D eigenvalue weighted by Crippen LogP contribution is 2.20. The minimum absolute atomic E-state index is 0.240. The lowest BCUT2D eigenvalue weighted by Gasteiger charge is -2.19. The van der Waals surface area contributed by atoms with Gasteiger partial charge in [0.05, 0.1) is 12.7 Å². The van der Waals surface area contributed by atoms with Crippen LogP contribution in [0.25, 0.3) is 0 Å². The minimum atomic E-state index is -5.19. The molecule has 210 valence electrons. The van der Waals surface area contributed by atoms with Crippen molar-refractivity contribution in [2.45, 2.75) is 31.8 Å². The van der Waals surface area contributed by atoms with Gasteiger partial charge in [-0.15, -0.1) is 0 Å². The van der Waals surface area contributed by atoms with Gasteiger partial charge < -0.3 is 19.4 Å². The van der Waals surface area contributed by atoms with Crippen LogP contribution in [0.1, 0.15) is 21.5 Å². The van der Waals surface area contributed by atoms with Crippen LogP contribution in [0.3, 0.4) is 0 Å². The zero-order valence-electron chi connectivity index (χ0n) is 21.1. The molecule has 1 heterocycles. The molecule has 0 bridgehead atoms. The van der Waals surface area contributed by atoms with E-state index < -0.39 is 54.5 Å². The lowest BCUT2D eigenvalue weighted by Crippen LogP contribution is -2.49. The number of nitrogens with zero attached hydrogens (tertiary/aromatic N) is 1. The Morgan fingerprint density at radius 3 is 2.33 bits per heavy atom. The topological polar surface area (TPSA) is 133 Å². The predicted molar refractivity (Wildman–Crippen MR) is 135 cm³/mol. The van der Waals surface area contributed by atoms with Gasteiger partial charge in [-0.2, -0.15) is 13.2 Å². The number of pyridine rings is 1. The number of Topliss-reactive ketones (excluding diaryl/α,β-unsaturated/α-hetero) is 1. The Bertz CT molecular complexity index is 1440. The Labute approximate surface area is 225 Å². The number of alkyl halides is 3. The third-order valence-corrected chi connectivity index (χ3v) is 5.50. The molecule has 0 spiro atoms. The molecule has 2 aromatic carbocycles. The van der Waals surface area contributed by atoms with Crippen molar-refractivity contribution in [3.63, 3.8) is 0 Å². The fraction of sp³-hybridized carbons (Fsp3) is 0.222. The SMILES string of the molecule is COC(=O)c1cccc(COC(=O)Nc2cccn(CC(=O)NC(Cc3ccccc3)C(=O)C(F)(F)F)c2=O)c1. The van der Waals surface area contributed by atoms with Crippen molar-refractivity contribution in [3.8, 4) is 0 Å². The molecule has 3 rings (SSSR count). The third kappa shape index (κ3) is 8.28. The number of aromatic nitrogens is 1. The van der Waals surface area contributed by atoms with Gasteiger partial charge in [-0.3, -0.25) is 19.7 Å². The molecule has 0 aliphatic heterocycles. The fourth-order valence-corrected chi connectivity index (χ4v) is 3.61. The van der Waals surface area contributed by atoms with Crippen molar-refractivity contribution >= 4 is 29.4 Å². The molecule has 10 nitrogen and oxygen atoms in total. The highest BCUT2D eigenvalue weighted by atomic mass is 19.4. The zero-order valence-corrected chi connectivity index (χ0v) is 21.1. The minimum Gasteiger partial charge on any atom is -0.465 e. The van der Waals surface area contributed by atoms with Crippen LogP contribution in [-0.2, 0) is 38.6 Å². The second-order valence-corrected chi connectivity index (χ2v) is 8.42.